The number of nitrogens with one attached hydrogen (secondary N) is 2. The summed E-state index contributed by atoms with van der Waals surface area (Å²) >= 11 is 1.82. The van der Waals surface area contributed by atoms with Crippen molar-refractivity contribution in [2.24, 2.45) is 4.99 Å². The first-order valence-corrected chi connectivity index (χ1v) is 11.9. The van der Waals surface area contributed by atoms with Gasteiger partial charge in [0.25, 0.3) is 0 Å². The first-order valence-electron chi connectivity index (χ1n) is 10.5. The first-order chi connectivity index (χ1) is 14.7. The molecule has 0 aliphatic carbocycles. The van der Waals surface area contributed by atoms with Crippen molar-refractivity contribution in [2.45, 2.75) is 39.8 Å². The third-order valence-corrected chi connectivity index (χ3v) is 5.52. The molecule has 2 aromatic heterocycles. The summed E-state index contributed by atoms with van der Waals surface area (Å²) in [7, 11) is 0. The van der Waals surface area contributed by atoms with Gasteiger partial charge in [0, 0.05) is 44.9 Å². The van der Waals surface area contributed by atoms with Crippen molar-refractivity contribution >= 4 is 52.7 Å². The SMILES string of the molecule is CCc1nncn1CCNC(=NCCCn1c(C)nc2ccccc21)NCCSC.I. The zero-order valence-corrected chi connectivity index (χ0v) is 21.7. The van der Waals surface area contributed by atoms with Crippen molar-refractivity contribution in [3.05, 3.63) is 42.2 Å². The van der Waals surface area contributed by atoms with Crippen LogP contribution in [0, 0.1) is 6.92 Å². The van der Waals surface area contributed by atoms with Crippen LogP contribution in [0.3, 0.4) is 0 Å². The Kier molecular flexibility index (Phi) is 11.1. The molecule has 0 aliphatic rings. The van der Waals surface area contributed by atoms with Gasteiger partial charge in [0.05, 0.1) is 11.0 Å². The molecule has 1 aromatic carbocycles. The predicted octanol–water partition coefficient (Wildman–Crippen LogP) is 3.11. The molecule has 3 rings (SSSR count). The number of fused-ring (bicyclic) bond motifs is 1. The van der Waals surface area contributed by atoms with Crippen LogP contribution < -0.4 is 10.6 Å². The predicted molar refractivity (Wildman–Crippen MR) is 141 cm³/mol. The molecule has 0 amide bonds. The quantitative estimate of drug-likeness (QED) is 0.164. The summed E-state index contributed by atoms with van der Waals surface area (Å²) in [5.41, 5.74) is 2.25. The zero-order chi connectivity index (χ0) is 21.2. The smallest absolute Gasteiger partial charge is 0.191 e. The van der Waals surface area contributed by atoms with Crippen LogP contribution in [0.5, 0.6) is 0 Å². The number of aromatic nitrogens is 5. The fourth-order valence-corrected chi connectivity index (χ4v) is 3.68. The van der Waals surface area contributed by atoms with E-state index < -0.39 is 0 Å². The molecule has 0 unspecified atom stereocenters. The van der Waals surface area contributed by atoms with Crippen LogP contribution in [-0.2, 0) is 19.5 Å². The number of para-hydroxylation sites is 2. The number of hydrogen-bond acceptors (Lipinski definition) is 5. The van der Waals surface area contributed by atoms with E-state index in [1.165, 1.54) is 5.52 Å². The fraction of sp³-hybridized carbons (Fsp3) is 0.524. The molecular formula is C21H33IN8S. The van der Waals surface area contributed by atoms with E-state index in [1.54, 1.807) is 6.33 Å². The largest absolute Gasteiger partial charge is 0.356 e. The average Bonchev–Trinajstić information content (AvgIpc) is 3.34. The molecule has 3 aromatic rings. The van der Waals surface area contributed by atoms with Gasteiger partial charge < -0.3 is 19.8 Å². The molecule has 0 spiro atoms. The third kappa shape index (κ3) is 7.37. The Morgan fingerprint density at radius 3 is 2.77 bits per heavy atom. The first kappa shape index (κ1) is 25.4. The molecule has 0 saturated heterocycles. The van der Waals surface area contributed by atoms with Gasteiger partial charge in [0.1, 0.15) is 18.0 Å². The second-order valence-corrected chi connectivity index (χ2v) is 8.01. The number of aryl methyl sites for hydroxylation is 3. The molecule has 0 aliphatic heterocycles. The molecule has 0 radical (unpaired) electrons. The second-order valence-electron chi connectivity index (χ2n) is 7.02. The monoisotopic (exact) mass is 556 g/mol. The Hall–Kier alpha value is -1.82. The van der Waals surface area contributed by atoms with Crippen molar-refractivity contribution in [1.82, 2.24) is 34.9 Å². The number of rotatable bonds is 11. The van der Waals surface area contributed by atoms with Crippen LogP contribution in [0.15, 0.2) is 35.6 Å². The molecule has 0 atom stereocenters. The standard InChI is InChI=1S/C21H32N8S.HI/c1-4-20-27-25-16-28(20)14-11-23-21(24-12-15-30-3)22-10-7-13-29-17(2)26-18-8-5-6-9-19(18)29;/h5-6,8-9,16H,4,7,10-15H2,1-3H3,(H2,22,23,24);1H. The number of imidazole rings is 1. The molecule has 8 nitrogen and oxygen atoms in total. The lowest BCUT2D eigenvalue weighted by Gasteiger charge is -2.13. The summed E-state index contributed by atoms with van der Waals surface area (Å²) < 4.78 is 4.36. The number of hydrogen-bond donors (Lipinski definition) is 2. The molecule has 0 saturated carbocycles. The lowest BCUT2D eigenvalue weighted by atomic mass is 10.3. The van der Waals surface area contributed by atoms with Gasteiger partial charge in [-0.1, -0.05) is 19.1 Å². The number of halogens is 1. The van der Waals surface area contributed by atoms with Crippen LogP contribution in [0.1, 0.15) is 25.0 Å². The van der Waals surface area contributed by atoms with Gasteiger partial charge in [-0.2, -0.15) is 11.8 Å². The number of guanidine groups is 1. The molecule has 0 bridgehead atoms. The molecule has 10 heteroatoms. The Balaban J connectivity index is 0.00000341. The number of thioether (sulfide) groups is 1. The molecule has 2 heterocycles. The normalized spacial score (nSPS) is 11.5. The molecule has 170 valence electrons. The molecular weight excluding hydrogens is 523 g/mol. The maximum Gasteiger partial charge on any atom is 0.191 e. The number of nitrogens with zero attached hydrogens (tertiary/aromatic N) is 6. The van der Waals surface area contributed by atoms with E-state index in [4.69, 9.17) is 4.99 Å². The molecule has 0 fully saturated rings. The molecule has 2 N–H and O–H groups in total. The highest BCUT2D eigenvalue weighted by molar-refractivity contribution is 14.0. The number of aliphatic imine (C=N–C) groups is 1. The Bertz CT molecular complexity index is 952. The topological polar surface area (TPSA) is 85.0 Å². The maximum absolute atomic E-state index is 4.78. The minimum atomic E-state index is 0. The van der Waals surface area contributed by atoms with Gasteiger partial charge in [-0.3, -0.25) is 4.99 Å². The van der Waals surface area contributed by atoms with E-state index in [0.29, 0.717) is 0 Å². The van der Waals surface area contributed by atoms with E-state index in [9.17, 15) is 0 Å². The van der Waals surface area contributed by atoms with Crippen LogP contribution >= 0.6 is 35.7 Å². The highest BCUT2D eigenvalue weighted by Crippen LogP contribution is 2.15. The van der Waals surface area contributed by atoms with Gasteiger partial charge in [0.2, 0.25) is 0 Å². The van der Waals surface area contributed by atoms with Crippen molar-refractivity contribution < 1.29 is 0 Å². The highest BCUT2D eigenvalue weighted by Gasteiger charge is 2.06. The average molecular weight is 557 g/mol. The highest BCUT2D eigenvalue weighted by atomic mass is 127. The van der Waals surface area contributed by atoms with E-state index >= 15 is 0 Å². The van der Waals surface area contributed by atoms with E-state index in [2.05, 4.69) is 73.3 Å². The van der Waals surface area contributed by atoms with E-state index in [-0.39, 0.29) is 24.0 Å². The Morgan fingerprint density at radius 2 is 1.97 bits per heavy atom. The van der Waals surface area contributed by atoms with Crippen molar-refractivity contribution in [1.29, 1.82) is 0 Å². The molecule has 31 heavy (non-hydrogen) atoms. The zero-order valence-electron chi connectivity index (χ0n) is 18.5. The summed E-state index contributed by atoms with van der Waals surface area (Å²) in [5, 5.41) is 15.0. The summed E-state index contributed by atoms with van der Waals surface area (Å²) in [6.07, 6.45) is 5.75. The third-order valence-electron chi connectivity index (χ3n) is 4.91. The van der Waals surface area contributed by atoms with E-state index in [1.807, 2.05) is 17.8 Å². The maximum atomic E-state index is 4.78. The van der Waals surface area contributed by atoms with Crippen molar-refractivity contribution in [2.75, 3.05) is 31.6 Å². The van der Waals surface area contributed by atoms with Crippen LogP contribution in [0.25, 0.3) is 11.0 Å². The number of benzene rings is 1. The summed E-state index contributed by atoms with van der Waals surface area (Å²) in [4.78, 5) is 9.42. The fourth-order valence-electron chi connectivity index (χ4n) is 3.38. The van der Waals surface area contributed by atoms with Gasteiger partial charge in [-0.25, -0.2) is 4.98 Å². The van der Waals surface area contributed by atoms with Crippen LogP contribution in [0.2, 0.25) is 0 Å². The summed E-state index contributed by atoms with van der Waals surface area (Å²) in [5.74, 6) is 3.97. The summed E-state index contributed by atoms with van der Waals surface area (Å²) in [6.45, 7) is 8.32. The van der Waals surface area contributed by atoms with Gasteiger partial charge in [0.15, 0.2) is 5.96 Å². The Morgan fingerprint density at radius 1 is 1.16 bits per heavy atom. The second kappa shape index (κ2) is 13.6. The summed E-state index contributed by atoms with van der Waals surface area (Å²) in [6, 6.07) is 8.29. The lowest BCUT2D eigenvalue weighted by molar-refractivity contribution is 0.626. The van der Waals surface area contributed by atoms with Gasteiger partial charge >= 0.3 is 0 Å². The Labute approximate surface area is 205 Å². The van der Waals surface area contributed by atoms with Crippen LogP contribution in [-0.4, -0.2) is 61.9 Å². The van der Waals surface area contributed by atoms with Gasteiger partial charge in [-0.05, 0) is 31.7 Å². The lowest BCUT2D eigenvalue weighted by Crippen LogP contribution is -2.40. The van der Waals surface area contributed by atoms with Crippen molar-refractivity contribution in [3.63, 3.8) is 0 Å². The minimum Gasteiger partial charge on any atom is -0.356 e. The van der Waals surface area contributed by atoms with Crippen molar-refractivity contribution in [3.8, 4) is 0 Å². The van der Waals surface area contributed by atoms with Gasteiger partial charge in [-0.15, -0.1) is 34.2 Å². The van der Waals surface area contributed by atoms with E-state index in [0.717, 1.165) is 74.4 Å². The minimum absolute atomic E-state index is 0. The van der Waals surface area contributed by atoms with Crippen LogP contribution in [0.4, 0.5) is 0 Å².